The van der Waals surface area contributed by atoms with Crippen molar-refractivity contribution in [1.29, 1.82) is 0 Å². The van der Waals surface area contributed by atoms with Gasteiger partial charge in [-0.05, 0) is 40.7 Å². The first-order valence-corrected chi connectivity index (χ1v) is 15.9. The first-order chi connectivity index (χ1) is 22.4. The van der Waals surface area contributed by atoms with Gasteiger partial charge < -0.3 is 23.7 Å². The first kappa shape index (κ1) is 36.3. The van der Waals surface area contributed by atoms with E-state index in [1.54, 1.807) is 19.9 Å². The Kier molecular flexibility index (Phi) is 10.5. The SMILES string of the molecule is C=C1[C@H](OC(=O)/C=C\c2ccccc2)C[C@H](OC(C)=O)[C@@]2(C)[C@@H](OC(C)=O)[C@@H](OC(C)=O)C3=C(C)C(=O)C[C@H]([C@H](OC(C)=O)[C@H]12)C3(C)C. The number of rotatable bonds is 7. The lowest BCUT2D eigenvalue weighted by atomic mass is 9.48. The van der Waals surface area contributed by atoms with Crippen molar-refractivity contribution in [3.05, 3.63) is 65.3 Å². The zero-order valence-electron chi connectivity index (χ0n) is 28.7. The van der Waals surface area contributed by atoms with Gasteiger partial charge >= 0.3 is 29.8 Å². The van der Waals surface area contributed by atoms with E-state index in [0.29, 0.717) is 16.7 Å². The van der Waals surface area contributed by atoms with E-state index < -0.39 is 83.0 Å². The molecule has 0 aromatic heterocycles. The summed E-state index contributed by atoms with van der Waals surface area (Å²) in [7, 11) is 0. The summed E-state index contributed by atoms with van der Waals surface area (Å²) >= 11 is 0. The Morgan fingerprint density at radius 3 is 1.98 bits per heavy atom. The van der Waals surface area contributed by atoms with Crippen molar-refractivity contribution in [3.63, 3.8) is 0 Å². The number of Topliss-reactive ketones (excluding diaryl/α,β-unsaturated/α-hetero) is 1. The zero-order valence-corrected chi connectivity index (χ0v) is 28.7. The van der Waals surface area contributed by atoms with Gasteiger partial charge in [0, 0.05) is 58.4 Å². The summed E-state index contributed by atoms with van der Waals surface area (Å²) in [5.41, 5.74) is -0.644. The van der Waals surface area contributed by atoms with E-state index in [1.165, 1.54) is 33.8 Å². The Labute approximate surface area is 280 Å². The van der Waals surface area contributed by atoms with Gasteiger partial charge in [0.05, 0.1) is 5.41 Å². The standard InChI is InChI=1S/C37H44O11/c1-19-27(42)17-26-33(45-22(4)39)32-20(2)28(48-30(43)16-15-25-13-11-10-12-14-25)18-29(44-21(3)38)37(32,9)35(47-24(6)41)34(46-23(5)40)31(19)36(26,7)8/h10-16,26,28-29,32-35H,2,17-18H2,1,3-9H3/b16-15-/t26-,28-,29+,32+,33+,34+,35+,37-/m1/s1. The molecule has 2 saturated carbocycles. The van der Waals surface area contributed by atoms with Crippen LogP contribution in [0.3, 0.4) is 0 Å². The second-order valence-electron chi connectivity index (χ2n) is 13.6. The van der Waals surface area contributed by atoms with Crippen LogP contribution in [0.2, 0.25) is 0 Å². The third-order valence-electron chi connectivity index (χ3n) is 10.0. The maximum absolute atomic E-state index is 13.7. The molecule has 0 radical (unpaired) electrons. The van der Waals surface area contributed by atoms with Crippen LogP contribution in [0.1, 0.15) is 73.8 Å². The lowest BCUT2D eigenvalue weighted by Gasteiger charge is -2.60. The van der Waals surface area contributed by atoms with Gasteiger partial charge in [-0.2, -0.15) is 0 Å². The van der Waals surface area contributed by atoms with Gasteiger partial charge in [0.1, 0.15) is 18.3 Å². The molecule has 0 unspecified atom stereocenters. The minimum atomic E-state index is -1.49. The van der Waals surface area contributed by atoms with Crippen LogP contribution in [0.25, 0.3) is 6.08 Å². The summed E-state index contributed by atoms with van der Waals surface area (Å²) < 4.78 is 30.0. The maximum Gasteiger partial charge on any atom is 0.331 e. The molecule has 3 aliphatic carbocycles. The molecular formula is C37H44O11. The van der Waals surface area contributed by atoms with E-state index in [4.69, 9.17) is 23.7 Å². The number of carbonyl (C=O) groups is 6. The van der Waals surface area contributed by atoms with Crippen LogP contribution in [0, 0.1) is 22.7 Å². The Morgan fingerprint density at radius 2 is 1.42 bits per heavy atom. The summed E-state index contributed by atoms with van der Waals surface area (Å²) in [5, 5.41) is 0. The van der Waals surface area contributed by atoms with Crippen molar-refractivity contribution >= 4 is 41.7 Å². The fourth-order valence-electron chi connectivity index (χ4n) is 8.00. The highest BCUT2D eigenvalue weighted by atomic mass is 16.6. The van der Waals surface area contributed by atoms with Crippen LogP contribution < -0.4 is 0 Å². The van der Waals surface area contributed by atoms with Gasteiger partial charge in [0.25, 0.3) is 0 Å². The predicted molar refractivity (Wildman–Crippen MR) is 173 cm³/mol. The molecule has 3 aliphatic rings. The van der Waals surface area contributed by atoms with Gasteiger partial charge in [-0.25, -0.2) is 4.79 Å². The highest BCUT2D eigenvalue weighted by Gasteiger charge is 2.68. The van der Waals surface area contributed by atoms with Crippen molar-refractivity contribution in [2.75, 3.05) is 0 Å². The Bertz CT molecular complexity index is 1570. The molecule has 2 fully saturated rings. The number of benzene rings is 1. The minimum Gasteiger partial charge on any atom is -0.462 e. The van der Waals surface area contributed by atoms with Gasteiger partial charge in [-0.15, -0.1) is 0 Å². The van der Waals surface area contributed by atoms with Crippen molar-refractivity contribution in [2.45, 2.75) is 98.8 Å². The molecule has 0 heterocycles. The molecule has 2 bridgehead atoms. The van der Waals surface area contributed by atoms with Crippen LogP contribution in [-0.2, 0) is 52.5 Å². The number of allylic oxidation sites excluding steroid dienone is 1. The molecular weight excluding hydrogens is 620 g/mol. The Hall–Kier alpha value is -4.54. The molecule has 11 heteroatoms. The molecule has 48 heavy (non-hydrogen) atoms. The second-order valence-corrected chi connectivity index (χ2v) is 13.6. The normalized spacial score (nSPS) is 31.1. The van der Waals surface area contributed by atoms with Crippen molar-refractivity contribution in [3.8, 4) is 0 Å². The summed E-state index contributed by atoms with van der Waals surface area (Å²) in [6, 6.07) is 9.12. The quantitative estimate of drug-likeness (QED) is 0.170. The molecule has 0 aliphatic heterocycles. The van der Waals surface area contributed by atoms with Crippen molar-refractivity contribution < 1.29 is 52.5 Å². The van der Waals surface area contributed by atoms with E-state index in [2.05, 4.69) is 6.58 Å². The molecule has 0 amide bonds. The number of carbonyl (C=O) groups excluding carboxylic acids is 6. The van der Waals surface area contributed by atoms with Crippen LogP contribution in [0.4, 0.5) is 0 Å². The molecule has 4 rings (SSSR count). The fraction of sp³-hybridized carbons (Fsp3) is 0.514. The van der Waals surface area contributed by atoms with Gasteiger partial charge in [0.15, 0.2) is 18.0 Å². The molecule has 0 spiro atoms. The number of fused-ring (bicyclic) bond motifs is 3. The number of esters is 5. The maximum atomic E-state index is 13.7. The third kappa shape index (κ3) is 7.00. The fourth-order valence-corrected chi connectivity index (χ4v) is 8.00. The van der Waals surface area contributed by atoms with Crippen LogP contribution in [-0.4, -0.2) is 66.1 Å². The van der Waals surface area contributed by atoms with E-state index in [0.717, 1.165) is 5.56 Å². The molecule has 11 nitrogen and oxygen atoms in total. The highest BCUT2D eigenvalue weighted by Crippen LogP contribution is 2.61. The number of hydrogen-bond acceptors (Lipinski definition) is 11. The summed E-state index contributed by atoms with van der Waals surface area (Å²) in [5.74, 6) is -5.45. The average Bonchev–Trinajstić information content (AvgIpc) is 2.97. The molecule has 1 aromatic rings. The molecule has 8 atom stereocenters. The minimum absolute atomic E-state index is 0.0341. The molecule has 1 aromatic carbocycles. The van der Waals surface area contributed by atoms with E-state index in [-0.39, 0.29) is 18.6 Å². The Balaban J connectivity index is 1.98. The average molecular weight is 665 g/mol. The number of ketones is 1. The second kappa shape index (κ2) is 13.9. The monoisotopic (exact) mass is 664 g/mol. The predicted octanol–water partition coefficient (Wildman–Crippen LogP) is 4.87. The third-order valence-corrected chi connectivity index (χ3v) is 10.0. The lowest BCUT2D eigenvalue weighted by molar-refractivity contribution is -0.228. The first-order valence-electron chi connectivity index (χ1n) is 15.9. The molecule has 258 valence electrons. The summed E-state index contributed by atoms with van der Waals surface area (Å²) in [6.07, 6.45) is -3.23. The van der Waals surface area contributed by atoms with Gasteiger partial charge in [-0.3, -0.25) is 24.0 Å². The highest BCUT2D eigenvalue weighted by molar-refractivity contribution is 5.97. The van der Waals surface area contributed by atoms with E-state index >= 15 is 0 Å². The van der Waals surface area contributed by atoms with Crippen molar-refractivity contribution in [2.24, 2.45) is 22.7 Å². The van der Waals surface area contributed by atoms with Gasteiger partial charge in [-0.1, -0.05) is 57.7 Å². The summed E-state index contributed by atoms with van der Waals surface area (Å²) in [4.78, 5) is 78.0. The molecule has 0 N–H and O–H groups in total. The topological polar surface area (TPSA) is 149 Å². The lowest BCUT2D eigenvalue weighted by Crippen LogP contribution is -2.68. The Morgan fingerprint density at radius 1 is 0.833 bits per heavy atom. The smallest absolute Gasteiger partial charge is 0.331 e. The van der Waals surface area contributed by atoms with E-state index in [1.807, 2.05) is 44.2 Å². The molecule has 0 saturated heterocycles. The summed E-state index contributed by atoms with van der Waals surface area (Å²) in [6.45, 7) is 16.2. The largest absolute Gasteiger partial charge is 0.462 e. The van der Waals surface area contributed by atoms with E-state index in [9.17, 15) is 28.8 Å². The van der Waals surface area contributed by atoms with Crippen LogP contribution in [0.15, 0.2) is 59.7 Å². The zero-order chi connectivity index (χ0) is 35.7. The van der Waals surface area contributed by atoms with Gasteiger partial charge in [0.2, 0.25) is 0 Å². The number of hydrogen-bond donors (Lipinski definition) is 0. The van der Waals surface area contributed by atoms with Crippen molar-refractivity contribution in [1.82, 2.24) is 0 Å². The van der Waals surface area contributed by atoms with Crippen LogP contribution >= 0.6 is 0 Å². The number of ether oxygens (including phenoxy) is 5. The van der Waals surface area contributed by atoms with Crippen LogP contribution in [0.5, 0.6) is 0 Å².